The number of carbonyl (C=O) groups excluding carboxylic acids is 1. The molecule has 0 spiro atoms. The molecule has 0 fully saturated rings. The first-order valence-corrected chi connectivity index (χ1v) is 12.2. The van der Waals surface area contributed by atoms with E-state index in [9.17, 15) is 13.2 Å². The fourth-order valence-electron chi connectivity index (χ4n) is 3.45. The second-order valence-corrected chi connectivity index (χ2v) is 9.96. The average molecular weight is 483 g/mol. The molecule has 7 nitrogen and oxygen atoms in total. The first-order chi connectivity index (χ1) is 16.1. The summed E-state index contributed by atoms with van der Waals surface area (Å²) in [5.41, 5.74) is 3.20. The highest BCUT2D eigenvalue weighted by molar-refractivity contribution is 7.92. The van der Waals surface area contributed by atoms with Crippen LogP contribution in [0.25, 0.3) is 0 Å². The third-order valence-electron chi connectivity index (χ3n) is 5.50. The first-order valence-electron chi connectivity index (χ1n) is 10.8. The smallest absolute Gasteiger partial charge is 0.264 e. The summed E-state index contributed by atoms with van der Waals surface area (Å²) in [5.74, 6) is 0.810. The van der Waals surface area contributed by atoms with Crippen LogP contribution in [0.5, 0.6) is 11.5 Å². The Bertz CT molecular complexity index is 1240. The van der Waals surface area contributed by atoms with Crippen molar-refractivity contribution in [2.45, 2.75) is 25.3 Å². The highest BCUT2D eigenvalue weighted by atomic mass is 32.2. The molecule has 0 aromatic heterocycles. The van der Waals surface area contributed by atoms with Gasteiger partial charge in [0.05, 0.1) is 24.8 Å². The molecule has 3 aromatic rings. The Labute approximate surface area is 201 Å². The molecule has 180 valence electrons. The summed E-state index contributed by atoms with van der Waals surface area (Å²) in [4.78, 5) is 14.8. The van der Waals surface area contributed by atoms with Gasteiger partial charge in [0.2, 0.25) is 5.91 Å². The molecule has 1 amide bonds. The van der Waals surface area contributed by atoms with Crippen LogP contribution in [0.2, 0.25) is 0 Å². The second-order valence-electron chi connectivity index (χ2n) is 8.10. The Kier molecular flexibility index (Phi) is 7.83. The molecule has 3 rings (SSSR count). The van der Waals surface area contributed by atoms with Gasteiger partial charge in [-0.15, -0.1) is 0 Å². The third-order valence-corrected chi connectivity index (χ3v) is 7.29. The molecular weight excluding hydrogens is 452 g/mol. The molecule has 0 atom stereocenters. The maximum absolute atomic E-state index is 13.5. The van der Waals surface area contributed by atoms with E-state index in [0.29, 0.717) is 17.2 Å². The Balaban J connectivity index is 1.88. The number of rotatable bonds is 9. The van der Waals surface area contributed by atoms with E-state index in [-0.39, 0.29) is 23.9 Å². The lowest BCUT2D eigenvalue weighted by Gasteiger charge is -2.27. The monoisotopic (exact) mass is 482 g/mol. The molecule has 0 saturated heterocycles. The number of aryl methyl sites for hydroxylation is 2. The molecular formula is C26H30N2O5S. The zero-order valence-corrected chi connectivity index (χ0v) is 20.9. The van der Waals surface area contributed by atoms with Gasteiger partial charge in [-0.2, -0.15) is 0 Å². The summed E-state index contributed by atoms with van der Waals surface area (Å²) in [7, 11) is 0.793. The van der Waals surface area contributed by atoms with Crippen LogP contribution in [0.3, 0.4) is 0 Å². The highest BCUT2D eigenvalue weighted by Crippen LogP contribution is 2.28. The molecule has 8 heteroatoms. The van der Waals surface area contributed by atoms with E-state index in [2.05, 4.69) is 0 Å². The summed E-state index contributed by atoms with van der Waals surface area (Å²) in [5, 5.41) is 0. The van der Waals surface area contributed by atoms with Crippen molar-refractivity contribution < 1.29 is 22.7 Å². The van der Waals surface area contributed by atoms with Gasteiger partial charge in [0.1, 0.15) is 6.54 Å². The molecule has 0 heterocycles. The molecule has 0 aliphatic rings. The first kappa shape index (κ1) is 25.1. The average Bonchev–Trinajstić information content (AvgIpc) is 2.83. The predicted octanol–water partition coefficient (Wildman–Crippen LogP) is 4.17. The Morgan fingerprint density at radius 2 is 1.38 bits per heavy atom. The highest BCUT2D eigenvalue weighted by Gasteiger charge is 2.28. The zero-order chi connectivity index (χ0) is 24.9. The van der Waals surface area contributed by atoms with Gasteiger partial charge in [0, 0.05) is 13.6 Å². The number of carbonyl (C=O) groups is 1. The molecule has 0 aliphatic heterocycles. The van der Waals surface area contributed by atoms with Crippen LogP contribution >= 0.6 is 0 Å². The van der Waals surface area contributed by atoms with E-state index in [4.69, 9.17) is 9.47 Å². The summed E-state index contributed by atoms with van der Waals surface area (Å²) < 4.78 is 38.8. The van der Waals surface area contributed by atoms with E-state index >= 15 is 0 Å². The second kappa shape index (κ2) is 10.6. The Morgan fingerprint density at radius 1 is 0.824 bits per heavy atom. The number of hydrogen-bond donors (Lipinski definition) is 0. The van der Waals surface area contributed by atoms with Gasteiger partial charge < -0.3 is 14.4 Å². The number of amides is 1. The van der Waals surface area contributed by atoms with Crippen molar-refractivity contribution in [2.75, 3.05) is 32.1 Å². The zero-order valence-electron chi connectivity index (χ0n) is 20.1. The van der Waals surface area contributed by atoms with Crippen LogP contribution in [0, 0.1) is 13.8 Å². The number of likely N-dealkylation sites (N-methyl/N-ethyl adjacent to an activating group) is 1. The van der Waals surface area contributed by atoms with Gasteiger partial charge in [0.15, 0.2) is 11.5 Å². The predicted molar refractivity (Wildman–Crippen MR) is 133 cm³/mol. The van der Waals surface area contributed by atoms with E-state index in [1.807, 2.05) is 32.0 Å². The van der Waals surface area contributed by atoms with Crippen molar-refractivity contribution in [2.24, 2.45) is 0 Å². The normalized spacial score (nSPS) is 11.1. The molecule has 0 N–H and O–H groups in total. The molecule has 0 radical (unpaired) electrons. The maximum Gasteiger partial charge on any atom is 0.264 e. The minimum absolute atomic E-state index is 0.133. The van der Waals surface area contributed by atoms with Crippen molar-refractivity contribution in [1.29, 1.82) is 0 Å². The fourth-order valence-corrected chi connectivity index (χ4v) is 4.86. The largest absolute Gasteiger partial charge is 0.493 e. The van der Waals surface area contributed by atoms with Gasteiger partial charge in [0.25, 0.3) is 10.0 Å². The third kappa shape index (κ3) is 5.69. The minimum Gasteiger partial charge on any atom is -0.493 e. The van der Waals surface area contributed by atoms with Gasteiger partial charge in [-0.05, 0) is 55.8 Å². The van der Waals surface area contributed by atoms with Crippen molar-refractivity contribution in [3.05, 3.63) is 83.4 Å². The van der Waals surface area contributed by atoms with Gasteiger partial charge in [-0.1, -0.05) is 41.5 Å². The van der Waals surface area contributed by atoms with Crippen LogP contribution in [0.4, 0.5) is 5.69 Å². The van der Waals surface area contributed by atoms with Crippen LogP contribution in [0.15, 0.2) is 71.6 Å². The van der Waals surface area contributed by atoms with Gasteiger partial charge in [-0.3, -0.25) is 9.10 Å². The Hall–Kier alpha value is -3.52. The topological polar surface area (TPSA) is 76.2 Å². The van der Waals surface area contributed by atoms with E-state index in [0.717, 1.165) is 21.0 Å². The number of methoxy groups -OCH3 is 2. The van der Waals surface area contributed by atoms with Gasteiger partial charge in [-0.25, -0.2) is 8.42 Å². The number of sulfonamides is 1. The van der Waals surface area contributed by atoms with E-state index in [1.54, 1.807) is 69.8 Å². The van der Waals surface area contributed by atoms with Crippen molar-refractivity contribution in [1.82, 2.24) is 4.90 Å². The lowest BCUT2D eigenvalue weighted by Crippen LogP contribution is -2.41. The molecule has 0 saturated carbocycles. The van der Waals surface area contributed by atoms with E-state index in [1.165, 1.54) is 4.90 Å². The summed E-state index contributed by atoms with van der Waals surface area (Å²) in [6.07, 6.45) is 0. The molecule has 0 aliphatic carbocycles. The van der Waals surface area contributed by atoms with Crippen molar-refractivity contribution in [3.8, 4) is 11.5 Å². The van der Waals surface area contributed by atoms with Crippen molar-refractivity contribution >= 4 is 21.6 Å². The summed E-state index contributed by atoms with van der Waals surface area (Å²) in [6, 6.07) is 19.1. The Morgan fingerprint density at radius 3 is 1.94 bits per heavy atom. The molecule has 0 unspecified atom stereocenters. The lowest BCUT2D eigenvalue weighted by atomic mass is 10.2. The summed E-state index contributed by atoms with van der Waals surface area (Å²) >= 11 is 0. The van der Waals surface area contributed by atoms with Gasteiger partial charge >= 0.3 is 0 Å². The van der Waals surface area contributed by atoms with Crippen LogP contribution in [0.1, 0.15) is 16.7 Å². The van der Waals surface area contributed by atoms with Crippen LogP contribution in [-0.4, -0.2) is 47.0 Å². The van der Waals surface area contributed by atoms with E-state index < -0.39 is 10.0 Å². The molecule has 34 heavy (non-hydrogen) atoms. The molecule has 0 bridgehead atoms. The number of nitrogens with zero attached hydrogens (tertiary/aromatic N) is 2. The van der Waals surface area contributed by atoms with Crippen LogP contribution < -0.4 is 13.8 Å². The van der Waals surface area contributed by atoms with Crippen LogP contribution in [-0.2, 0) is 21.4 Å². The fraction of sp³-hybridized carbons (Fsp3) is 0.269. The van der Waals surface area contributed by atoms with Crippen molar-refractivity contribution in [3.63, 3.8) is 0 Å². The maximum atomic E-state index is 13.5. The minimum atomic E-state index is -3.96. The lowest BCUT2D eigenvalue weighted by molar-refractivity contribution is -0.128. The number of benzene rings is 3. The number of anilines is 1. The number of hydrogen-bond acceptors (Lipinski definition) is 5. The molecule has 3 aromatic carbocycles. The number of ether oxygens (including phenoxy) is 2. The summed E-state index contributed by atoms with van der Waals surface area (Å²) in [6.45, 7) is 3.76. The SMILES string of the molecule is COc1ccc(CN(C)C(=O)CN(c2ccc(C)cc2)S(=O)(=O)c2ccc(C)cc2)cc1OC. The standard InChI is InChI=1S/C26H30N2O5S/c1-19-6-11-22(12-7-19)28(34(30,31)23-13-8-20(2)9-14-23)18-26(29)27(3)17-21-10-15-24(32-4)25(16-21)33-5/h6-16H,17-18H2,1-5H3. The quantitative estimate of drug-likeness (QED) is 0.458.